The fourth-order valence-corrected chi connectivity index (χ4v) is 5.78. The Balaban J connectivity index is 1.47. The number of unbranched alkanes of at least 4 members (excludes halogenated alkanes) is 1. The summed E-state index contributed by atoms with van der Waals surface area (Å²) in [6, 6.07) is 13.6. The maximum atomic E-state index is 12.5. The number of ether oxygens (including phenoxy) is 1. The van der Waals surface area contributed by atoms with E-state index in [2.05, 4.69) is 24.0 Å². The van der Waals surface area contributed by atoms with Crippen LogP contribution in [-0.4, -0.2) is 64.4 Å². The molecular formula is C29H38ClN4O3+. The normalized spacial score (nSPS) is 21.9. The SMILES string of the molecule is CCCCc1cc2ccccc2c(OCC[N+](C)(C)[C@H]2CC(Cc3ccc(Cl)nc3)C[C@]2(O)C(N)=O)n1. The average Bonchev–Trinajstić information content (AvgIpc) is 3.22. The molecular weight excluding hydrogens is 488 g/mol. The highest BCUT2D eigenvalue weighted by atomic mass is 35.5. The summed E-state index contributed by atoms with van der Waals surface area (Å²) >= 11 is 5.92. The topological polar surface area (TPSA) is 98.3 Å². The molecule has 1 unspecified atom stereocenters. The first kappa shape index (κ1) is 27.3. The number of carbonyl (C=O) groups excluding carboxylic acids is 1. The molecule has 0 aliphatic heterocycles. The van der Waals surface area contributed by atoms with Gasteiger partial charge in [-0.2, -0.15) is 0 Å². The zero-order valence-corrected chi connectivity index (χ0v) is 22.7. The van der Waals surface area contributed by atoms with Gasteiger partial charge in [-0.25, -0.2) is 9.97 Å². The monoisotopic (exact) mass is 525 g/mol. The highest BCUT2D eigenvalue weighted by Gasteiger charge is 2.57. The minimum atomic E-state index is -1.58. The summed E-state index contributed by atoms with van der Waals surface area (Å²) in [4.78, 5) is 21.4. The van der Waals surface area contributed by atoms with E-state index in [0.29, 0.717) is 47.9 Å². The van der Waals surface area contributed by atoms with Gasteiger partial charge in [0.2, 0.25) is 5.88 Å². The Morgan fingerprint density at radius 3 is 2.76 bits per heavy atom. The van der Waals surface area contributed by atoms with Crippen LogP contribution in [-0.2, 0) is 17.6 Å². The van der Waals surface area contributed by atoms with Crippen molar-refractivity contribution in [3.63, 3.8) is 0 Å². The zero-order chi connectivity index (χ0) is 26.6. The molecule has 3 aromatic rings. The van der Waals surface area contributed by atoms with Gasteiger partial charge in [-0.05, 0) is 60.7 Å². The number of pyridine rings is 2. The lowest BCUT2D eigenvalue weighted by Crippen LogP contribution is -2.63. The van der Waals surface area contributed by atoms with Crippen molar-refractivity contribution in [1.82, 2.24) is 9.97 Å². The van der Waals surface area contributed by atoms with Crippen LogP contribution in [0.4, 0.5) is 0 Å². The molecule has 2 heterocycles. The Bertz CT molecular complexity index is 1230. The molecule has 1 fully saturated rings. The fraction of sp³-hybridized carbons (Fsp3) is 0.483. The largest absolute Gasteiger partial charge is 0.471 e. The lowest BCUT2D eigenvalue weighted by atomic mass is 9.93. The van der Waals surface area contributed by atoms with E-state index >= 15 is 0 Å². The maximum Gasteiger partial charge on any atom is 0.255 e. The fourth-order valence-electron chi connectivity index (χ4n) is 5.66. The molecule has 0 radical (unpaired) electrons. The van der Waals surface area contributed by atoms with Gasteiger partial charge in [-0.3, -0.25) is 4.79 Å². The van der Waals surface area contributed by atoms with Gasteiger partial charge in [0, 0.05) is 23.7 Å². The quantitative estimate of drug-likeness (QED) is 0.287. The third kappa shape index (κ3) is 6.22. The number of hydrogen-bond donors (Lipinski definition) is 2. The van der Waals surface area contributed by atoms with Gasteiger partial charge in [0.05, 0.1) is 14.1 Å². The molecule has 0 bridgehead atoms. The van der Waals surface area contributed by atoms with Crippen LogP contribution in [0.2, 0.25) is 5.15 Å². The van der Waals surface area contributed by atoms with Crippen LogP contribution in [0.5, 0.6) is 5.88 Å². The Hall–Kier alpha value is -2.74. The molecule has 0 spiro atoms. The number of quaternary nitrogens is 1. The average molecular weight is 526 g/mol. The van der Waals surface area contributed by atoms with Gasteiger partial charge in [-0.15, -0.1) is 0 Å². The number of aryl methyl sites for hydroxylation is 1. The third-order valence-corrected chi connectivity index (χ3v) is 7.97. The number of fused-ring (bicyclic) bond motifs is 1. The number of nitrogens with two attached hydrogens (primary N) is 1. The number of aromatic nitrogens is 2. The van der Waals surface area contributed by atoms with Crippen molar-refractivity contribution in [2.75, 3.05) is 27.2 Å². The van der Waals surface area contributed by atoms with Crippen molar-refractivity contribution in [1.29, 1.82) is 0 Å². The Labute approximate surface area is 224 Å². The number of carbonyl (C=O) groups is 1. The Kier molecular flexibility index (Phi) is 8.36. The van der Waals surface area contributed by atoms with Crippen molar-refractivity contribution in [2.45, 2.75) is 57.1 Å². The Morgan fingerprint density at radius 1 is 1.27 bits per heavy atom. The van der Waals surface area contributed by atoms with Crippen LogP contribution in [0.15, 0.2) is 48.7 Å². The van der Waals surface area contributed by atoms with Crippen LogP contribution >= 0.6 is 11.6 Å². The van der Waals surface area contributed by atoms with Gasteiger partial charge < -0.3 is 20.1 Å². The van der Waals surface area contributed by atoms with Crippen molar-refractivity contribution in [3.05, 3.63) is 65.1 Å². The maximum absolute atomic E-state index is 12.5. The number of benzene rings is 1. The highest BCUT2D eigenvalue weighted by molar-refractivity contribution is 6.29. The molecule has 2 aromatic heterocycles. The number of aliphatic hydroxyl groups is 1. The number of rotatable bonds is 11. The van der Waals surface area contributed by atoms with Gasteiger partial charge >= 0.3 is 0 Å². The summed E-state index contributed by atoms with van der Waals surface area (Å²) in [6.07, 6.45) is 6.54. The number of hydrogen-bond acceptors (Lipinski definition) is 5. The summed E-state index contributed by atoms with van der Waals surface area (Å²) in [5.74, 6) is 0.0659. The van der Waals surface area contributed by atoms with Crippen LogP contribution in [0.25, 0.3) is 10.8 Å². The molecule has 7 nitrogen and oxygen atoms in total. The summed E-state index contributed by atoms with van der Waals surface area (Å²) in [5.41, 5.74) is 6.23. The van der Waals surface area contributed by atoms with Gasteiger partial charge in [0.15, 0.2) is 5.60 Å². The second-order valence-corrected chi connectivity index (χ2v) is 11.3. The zero-order valence-electron chi connectivity index (χ0n) is 22.0. The third-order valence-electron chi connectivity index (χ3n) is 7.74. The summed E-state index contributed by atoms with van der Waals surface area (Å²) < 4.78 is 6.66. The molecule has 1 amide bonds. The van der Waals surface area contributed by atoms with Crippen LogP contribution in [0.1, 0.15) is 43.9 Å². The van der Waals surface area contributed by atoms with Crippen LogP contribution in [0, 0.1) is 5.92 Å². The molecule has 4 rings (SSSR count). The van der Waals surface area contributed by atoms with E-state index in [-0.39, 0.29) is 12.0 Å². The molecule has 1 aromatic carbocycles. The highest BCUT2D eigenvalue weighted by Crippen LogP contribution is 2.41. The summed E-state index contributed by atoms with van der Waals surface area (Å²) in [6.45, 7) is 3.16. The Morgan fingerprint density at radius 2 is 2.05 bits per heavy atom. The molecule has 3 atom stereocenters. The summed E-state index contributed by atoms with van der Waals surface area (Å²) in [5, 5.41) is 14.0. The second-order valence-electron chi connectivity index (χ2n) is 10.9. The molecule has 37 heavy (non-hydrogen) atoms. The minimum Gasteiger partial charge on any atom is -0.471 e. The first-order valence-electron chi connectivity index (χ1n) is 13.1. The van der Waals surface area contributed by atoms with Crippen molar-refractivity contribution in [3.8, 4) is 5.88 Å². The molecule has 8 heteroatoms. The van der Waals surface area contributed by atoms with Gasteiger partial charge in [0.1, 0.15) is 24.3 Å². The predicted octanol–water partition coefficient (Wildman–Crippen LogP) is 4.32. The number of nitrogens with zero attached hydrogens (tertiary/aromatic N) is 3. The van der Waals surface area contributed by atoms with E-state index in [9.17, 15) is 9.90 Å². The number of halogens is 1. The number of primary amides is 1. The molecule has 3 N–H and O–H groups in total. The molecule has 1 aliphatic carbocycles. The lowest BCUT2D eigenvalue weighted by molar-refractivity contribution is -0.919. The minimum absolute atomic E-state index is 0.102. The first-order chi connectivity index (χ1) is 17.6. The predicted molar refractivity (Wildman–Crippen MR) is 146 cm³/mol. The smallest absolute Gasteiger partial charge is 0.255 e. The summed E-state index contributed by atoms with van der Waals surface area (Å²) in [7, 11) is 4.05. The van der Waals surface area contributed by atoms with E-state index in [1.165, 1.54) is 0 Å². The second kappa shape index (κ2) is 11.3. The van der Waals surface area contributed by atoms with Gasteiger partial charge in [0.25, 0.3) is 5.91 Å². The van der Waals surface area contributed by atoms with E-state index in [1.54, 1.807) is 12.3 Å². The molecule has 198 valence electrons. The molecule has 1 aliphatic rings. The van der Waals surface area contributed by atoms with Crippen molar-refractivity contribution < 1.29 is 19.1 Å². The van der Waals surface area contributed by atoms with Crippen molar-refractivity contribution >= 4 is 28.3 Å². The lowest BCUT2D eigenvalue weighted by Gasteiger charge is -2.41. The van der Waals surface area contributed by atoms with E-state index in [0.717, 1.165) is 41.3 Å². The van der Waals surface area contributed by atoms with E-state index in [4.69, 9.17) is 27.1 Å². The molecule has 0 saturated heterocycles. The van der Waals surface area contributed by atoms with Crippen molar-refractivity contribution in [2.24, 2.45) is 11.7 Å². The van der Waals surface area contributed by atoms with Crippen LogP contribution < -0.4 is 10.5 Å². The van der Waals surface area contributed by atoms with Gasteiger partial charge in [-0.1, -0.05) is 49.2 Å². The van der Waals surface area contributed by atoms with Crippen LogP contribution in [0.3, 0.4) is 0 Å². The van der Waals surface area contributed by atoms with E-state index in [1.807, 2.05) is 38.4 Å². The first-order valence-corrected chi connectivity index (χ1v) is 13.5. The number of amides is 1. The molecule has 1 saturated carbocycles. The standard InChI is InChI=1S/C29H37ClN4O3/c1-4-5-9-23-17-22-8-6-7-10-24(22)27(33-23)37-14-13-34(2,3)25-16-21(18-29(25,36)28(31)35)15-20-11-12-26(30)32-19-20/h6-8,10-12,17,19,21,25,36H,4-5,9,13-16,18H2,1-3H3,(H-,31,35)/p+1/t21?,25-,29+/m0/s1. The van der Waals surface area contributed by atoms with E-state index < -0.39 is 11.5 Å². The number of likely N-dealkylation sites (N-methyl/N-ethyl adjacent to an activating group) is 1.